The smallest absolute Gasteiger partial charge is 0.164 e. The fraction of sp³-hybridized carbons (Fsp3) is 0. The van der Waals surface area contributed by atoms with E-state index in [9.17, 15) is 0 Å². The van der Waals surface area contributed by atoms with Crippen molar-refractivity contribution < 1.29 is 4.42 Å². The maximum atomic E-state index is 6.90. The van der Waals surface area contributed by atoms with Gasteiger partial charge in [-0.1, -0.05) is 206 Å². The van der Waals surface area contributed by atoms with Gasteiger partial charge in [-0.15, -0.1) is 0 Å². The van der Waals surface area contributed by atoms with E-state index in [1.165, 1.54) is 54.6 Å². The Bertz CT molecular complexity index is 4180. The number of benzene rings is 11. The summed E-state index contributed by atoms with van der Waals surface area (Å²) >= 11 is 0. The van der Waals surface area contributed by atoms with Crippen molar-refractivity contribution in [3.8, 4) is 73.2 Å². The molecular formula is C65H40N4O. The highest BCUT2D eigenvalue weighted by molar-refractivity contribution is 6.31. The molecule has 11 aromatic carbocycles. The lowest BCUT2D eigenvalue weighted by Crippen LogP contribution is -2.00. The summed E-state index contributed by atoms with van der Waals surface area (Å²) < 4.78 is 9.35. The predicted molar refractivity (Wildman–Crippen MR) is 289 cm³/mol. The Morgan fingerprint density at radius 1 is 0.271 bits per heavy atom. The third-order valence-electron chi connectivity index (χ3n) is 13.8. The van der Waals surface area contributed by atoms with Crippen LogP contribution in [0, 0.1) is 0 Å². The highest BCUT2D eigenvalue weighted by atomic mass is 16.3. The maximum Gasteiger partial charge on any atom is 0.164 e. The van der Waals surface area contributed by atoms with Gasteiger partial charge in [0.2, 0.25) is 0 Å². The maximum absolute atomic E-state index is 6.90. The van der Waals surface area contributed by atoms with Crippen LogP contribution in [0.5, 0.6) is 0 Å². The van der Waals surface area contributed by atoms with E-state index in [4.69, 9.17) is 19.4 Å². The highest BCUT2D eigenvalue weighted by Crippen LogP contribution is 2.47. The Balaban J connectivity index is 1.00. The molecule has 5 heteroatoms. The predicted octanol–water partition coefficient (Wildman–Crippen LogP) is 17.2. The molecule has 14 rings (SSSR count). The zero-order valence-corrected chi connectivity index (χ0v) is 37.8. The molecular weight excluding hydrogens is 853 g/mol. The van der Waals surface area contributed by atoms with Crippen molar-refractivity contribution in [1.29, 1.82) is 0 Å². The molecule has 0 amide bonds. The summed E-state index contributed by atoms with van der Waals surface area (Å²) in [5.74, 6) is 1.79. The van der Waals surface area contributed by atoms with Crippen molar-refractivity contribution in [3.05, 3.63) is 243 Å². The van der Waals surface area contributed by atoms with Crippen LogP contribution in [-0.2, 0) is 0 Å². The Labute approximate surface area is 403 Å². The quantitative estimate of drug-likeness (QED) is 0.160. The Morgan fingerprint density at radius 3 is 1.27 bits per heavy atom. The van der Waals surface area contributed by atoms with E-state index in [-0.39, 0.29) is 0 Å². The molecule has 0 fully saturated rings. The fourth-order valence-electron chi connectivity index (χ4n) is 10.6. The van der Waals surface area contributed by atoms with E-state index in [0.29, 0.717) is 17.5 Å². The van der Waals surface area contributed by atoms with Crippen LogP contribution in [0.15, 0.2) is 247 Å². The largest absolute Gasteiger partial charge is 0.456 e. The summed E-state index contributed by atoms with van der Waals surface area (Å²) in [6.45, 7) is 0. The van der Waals surface area contributed by atoms with E-state index < -0.39 is 0 Å². The van der Waals surface area contributed by atoms with Gasteiger partial charge < -0.3 is 8.98 Å². The van der Waals surface area contributed by atoms with Crippen molar-refractivity contribution >= 4 is 65.3 Å². The molecule has 0 N–H and O–H groups in total. The number of hydrogen-bond acceptors (Lipinski definition) is 4. The molecule has 0 aliphatic heterocycles. The third kappa shape index (κ3) is 6.44. The minimum absolute atomic E-state index is 0.580. The van der Waals surface area contributed by atoms with Crippen LogP contribution in [-0.4, -0.2) is 19.5 Å². The second kappa shape index (κ2) is 16.1. The van der Waals surface area contributed by atoms with Crippen molar-refractivity contribution in [2.45, 2.75) is 0 Å². The molecule has 0 unspecified atom stereocenters. The normalized spacial score (nSPS) is 11.7. The topological polar surface area (TPSA) is 56.7 Å². The van der Waals surface area contributed by atoms with Crippen LogP contribution in [0.1, 0.15) is 0 Å². The number of nitrogens with zero attached hydrogens (tertiary/aromatic N) is 4. The van der Waals surface area contributed by atoms with Gasteiger partial charge >= 0.3 is 0 Å². The van der Waals surface area contributed by atoms with Gasteiger partial charge in [-0.2, -0.15) is 0 Å². The summed E-state index contributed by atoms with van der Waals surface area (Å²) in [5.41, 5.74) is 14.5. The standard InChI is InChI=1S/C65H40N4O/c1-5-18-41(19-6-1)42-32-34-46(35-33-42)64-66-63(45-24-11-4-12-25-45)67-65(68-64)53-30-17-31-58-60(53)52-37-36-47(38-59(52)70-58)69-56-39-54(43-20-7-2-8-21-43)48-26-13-15-28-50(48)61(56)62-51-29-16-14-27-49(51)55(40-57(62)69)44-22-9-3-10-23-44/h1-40H. The van der Waals surface area contributed by atoms with Crippen molar-refractivity contribution in [2.75, 3.05) is 0 Å². The Hall–Kier alpha value is -9.45. The van der Waals surface area contributed by atoms with E-state index in [0.717, 1.165) is 66.5 Å². The molecule has 0 saturated heterocycles. The zero-order chi connectivity index (χ0) is 46.1. The molecule has 5 nitrogen and oxygen atoms in total. The second-order valence-corrected chi connectivity index (χ2v) is 17.9. The summed E-state index contributed by atoms with van der Waals surface area (Å²) in [5, 5.41) is 9.26. The number of fused-ring (bicyclic) bond motifs is 10. The monoisotopic (exact) mass is 892 g/mol. The van der Waals surface area contributed by atoms with E-state index in [1.54, 1.807) is 0 Å². The second-order valence-electron chi connectivity index (χ2n) is 17.9. The van der Waals surface area contributed by atoms with Crippen LogP contribution in [0.4, 0.5) is 0 Å². The first-order chi connectivity index (χ1) is 34.7. The van der Waals surface area contributed by atoms with E-state index >= 15 is 0 Å². The van der Waals surface area contributed by atoms with Crippen molar-refractivity contribution in [3.63, 3.8) is 0 Å². The molecule has 3 heterocycles. The highest BCUT2D eigenvalue weighted by Gasteiger charge is 2.24. The number of rotatable bonds is 7. The van der Waals surface area contributed by atoms with Gasteiger partial charge in [0.15, 0.2) is 17.5 Å². The van der Waals surface area contributed by atoms with Gasteiger partial charge in [0.1, 0.15) is 11.2 Å². The van der Waals surface area contributed by atoms with Crippen LogP contribution in [0.3, 0.4) is 0 Å². The SMILES string of the molecule is c1ccc(-c2ccc(-c3nc(-c4ccccc4)nc(-c4cccc5oc6cc(-n7c8cc(-c9ccccc9)c9ccccc9c8c8c9ccccc9c(-c9ccccc9)cc87)ccc6c45)n3)cc2)cc1. The Kier molecular flexibility index (Phi) is 9.14. The molecule has 326 valence electrons. The number of furan rings is 1. The third-order valence-corrected chi connectivity index (χ3v) is 13.8. The van der Waals surface area contributed by atoms with Gasteiger partial charge in [0.05, 0.1) is 11.0 Å². The van der Waals surface area contributed by atoms with Crippen LogP contribution in [0.25, 0.3) is 139 Å². The molecule has 0 bridgehead atoms. The first kappa shape index (κ1) is 39.7. The van der Waals surface area contributed by atoms with Gasteiger partial charge in [-0.25, -0.2) is 15.0 Å². The van der Waals surface area contributed by atoms with E-state index in [1.807, 2.05) is 48.5 Å². The average Bonchev–Trinajstić information content (AvgIpc) is 3.99. The van der Waals surface area contributed by atoms with E-state index in [2.05, 4.69) is 199 Å². The summed E-state index contributed by atoms with van der Waals surface area (Å²) in [7, 11) is 0. The Morgan fingerprint density at radius 2 is 0.714 bits per heavy atom. The minimum Gasteiger partial charge on any atom is -0.456 e. The van der Waals surface area contributed by atoms with Crippen molar-refractivity contribution in [1.82, 2.24) is 19.5 Å². The van der Waals surface area contributed by atoms with Crippen LogP contribution >= 0.6 is 0 Å². The average molecular weight is 893 g/mol. The lowest BCUT2D eigenvalue weighted by molar-refractivity contribution is 0.668. The molecule has 0 saturated carbocycles. The van der Waals surface area contributed by atoms with Crippen LogP contribution in [0.2, 0.25) is 0 Å². The lowest BCUT2D eigenvalue weighted by atomic mass is 9.92. The number of hydrogen-bond donors (Lipinski definition) is 0. The van der Waals surface area contributed by atoms with Crippen LogP contribution < -0.4 is 0 Å². The zero-order valence-electron chi connectivity index (χ0n) is 37.8. The van der Waals surface area contributed by atoms with Gasteiger partial charge in [-0.3, -0.25) is 0 Å². The lowest BCUT2D eigenvalue weighted by Gasteiger charge is -2.13. The molecule has 0 spiro atoms. The minimum atomic E-state index is 0.580. The molecule has 0 aliphatic rings. The van der Waals surface area contributed by atoms with Gasteiger partial charge in [0, 0.05) is 50.0 Å². The van der Waals surface area contributed by atoms with Crippen molar-refractivity contribution in [2.24, 2.45) is 0 Å². The molecule has 3 aromatic heterocycles. The molecule has 14 aromatic rings. The van der Waals surface area contributed by atoms with Gasteiger partial charge in [0.25, 0.3) is 0 Å². The first-order valence-corrected chi connectivity index (χ1v) is 23.7. The number of aromatic nitrogens is 4. The summed E-state index contributed by atoms with van der Waals surface area (Å²) in [6.07, 6.45) is 0. The molecule has 0 aliphatic carbocycles. The molecule has 0 radical (unpaired) electrons. The van der Waals surface area contributed by atoms with Gasteiger partial charge in [-0.05, 0) is 85.3 Å². The molecule has 70 heavy (non-hydrogen) atoms. The molecule has 0 atom stereocenters. The summed E-state index contributed by atoms with van der Waals surface area (Å²) in [6, 6.07) is 85.8. The first-order valence-electron chi connectivity index (χ1n) is 23.7. The fourth-order valence-corrected chi connectivity index (χ4v) is 10.6. The summed E-state index contributed by atoms with van der Waals surface area (Å²) in [4.78, 5) is 15.5.